The first kappa shape index (κ1) is 20.3. The van der Waals surface area contributed by atoms with E-state index in [9.17, 15) is 9.59 Å². The van der Waals surface area contributed by atoms with Crippen LogP contribution in [-0.4, -0.2) is 45.6 Å². The van der Waals surface area contributed by atoms with Crippen LogP contribution in [0.5, 0.6) is 0 Å². The number of carboxylic acid groups (broad SMARTS) is 2. The molecule has 0 aliphatic carbocycles. The van der Waals surface area contributed by atoms with Crippen LogP contribution >= 0.6 is 0 Å². The average Bonchev–Trinajstić information content (AvgIpc) is 2.47. The highest BCUT2D eigenvalue weighted by Gasteiger charge is 2.06. The topological polar surface area (TPSA) is 115 Å². The van der Waals surface area contributed by atoms with Crippen LogP contribution in [-0.2, 0) is 9.59 Å². The second-order valence-corrected chi connectivity index (χ2v) is 5.01. The standard InChI is InChI=1S/C16H26O6/c17-11-9-13(15(19)20)7-5-3-1-2-4-6-8-14(10-12-18)16(21)22/h7-8,17-18H,1-6,9-12H2,(H,19,20)(H,21,22)/b13-7+,14-8+. The van der Waals surface area contributed by atoms with E-state index in [0.29, 0.717) is 12.8 Å². The summed E-state index contributed by atoms with van der Waals surface area (Å²) in [5.74, 6) is -1.96. The molecule has 0 fully saturated rings. The van der Waals surface area contributed by atoms with E-state index in [1.54, 1.807) is 12.2 Å². The van der Waals surface area contributed by atoms with Crippen LogP contribution in [0.4, 0.5) is 0 Å². The number of aliphatic carboxylic acids is 2. The van der Waals surface area contributed by atoms with Crippen molar-refractivity contribution >= 4 is 11.9 Å². The van der Waals surface area contributed by atoms with Crippen LogP contribution in [0.25, 0.3) is 0 Å². The fraction of sp³-hybridized carbons (Fsp3) is 0.625. The van der Waals surface area contributed by atoms with Gasteiger partial charge < -0.3 is 20.4 Å². The first-order valence-corrected chi connectivity index (χ1v) is 7.59. The van der Waals surface area contributed by atoms with E-state index in [1.165, 1.54) is 0 Å². The van der Waals surface area contributed by atoms with E-state index in [2.05, 4.69) is 0 Å². The maximum Gasteiger partial charge on any atom is 0.331 e. The molecular formula is C16H26O6. The predicted molar refractivity (Wildman–Crippen MR) is 82.5 cm³/mol. The molecule has 0 spiro atoms. The number of carboxylic acids is 2. The monoisotopic (exact) mass is 314 g/mol. The highest BCUT2D eigenvalue weighted by Crippen LogP contribution is 2.11. The first-order valence-electron chi connectivity index (χ1n) is 7.59. The summed E-state index contributed by atoms with van der Waals surface area (Å²) in [6.07, 6.45) is 8.61. The quantitative estimate of drug-likeness (QED) is 0.306. The molecule has 0 heterocycles. The van der Waals surface area contributed by atoms with E-state index in [4.69, 9.17) is 20.4 Å². The first-order chi connectivity index (χ1) is 10.5. The Bertz CT molecular complexity index is 359. The third-order valence-electron chi connectivity index (χ3n) is 3.25. The van der Waals surface area contributed by atoms with E-state index < -0.39 is 11.9 Å². The van der Waals surface area contributed by atoms with E-state index in [1.807, 2.05) is 0 Å². The fourth-order valence-corrected chi connectivity index (χ4v) is 2.03. The lowest BCUT2D eigenvalue weighted by Crippen LogP contribution is -2.02. The van der Waals surface area contributed by atoms with Crippen LogP contribution in [0.15, 0.2) is 23.3 Å². The molecule has 0 aliphatic heterocycles. The molecule has 0 atom stereocenters. The van der Waals surface area contributed by atoms with Gasteiger partial charge in [-0.1, -0.05) is 25.0 Å². The molecule has 0 amide bonds. The van der Waals surface area contributed by atoms with E-state index in [0.717, 1.165) is 25.7 Å². The summed E-state index contributed by atoms with van der Waals surface area (Å²) in [7, 11) is 0. The van der Waals surface area contributed by atoms with Crippen molar-refractivity contribution in [3.8, 4) is 0 Å². The van der Waals surface area contributed by atoms with Crippen LogP contribution in [0.3, 0.4) is 0 Å². The summed E-state index contributed by atoms with van der Waals surface area (Å²) >= 11 is 0. The fourth-order valence-electron chi connectivity index (χ4n) is 2.03. The van der Waals surface area contributed by atoms with Gasteiger partial charge in [-0.25, -0.2) is 9.59 Å². The lowest BCUT2D eigenvalue weighted by atomic mass is 10.1. The van der Waals surface area contributed by atoms with Gasteiger partial charge in [0.25, 0.3) is 0 Å². The Labute approximate surface area is 130 Å². The number of rotatable bonds is 13. The Balaban J connectivity index is 3.85. The Morgan fingerprint density at radius 3 is 1.32 bits per heavy atom. The predicted octanol–water partition coefficient (Wildman–Crippen LogP) is 2.11. The minimum absolute atomic E-state index is 0.162. The molecule has 6 nitrogen and oxygen atoms in total. The highest BCUT2D eigenvalue weighted by atomic mass is 16.4. The lowest BCUT2D eigenvalue weighted by molar-refractivity contribution is -0.133. The molecule has 4 N–H and O–H groups in total. The molecule has 0 bridgehead atoms. The van der Waals surface area contributed by atoms with Gasteiger partial charge in [-0.15, -0.1) is 0 Å². The van der Waals surface area contributed by atoms with Crippen LogP contribution in [0, 0.1) is 0 Å². The van der Waals surface area contributed by atoms with Crippen molar-refractivity contribution < 1.29 is 30.0 Å². The Morgan fingerprint density at radius 1 is 0.682 bits per heavy atom. The number of aliphatic hydroxyl groups excluding tert-OH is 2. The van der Waals surface area contributed by atoms with Gasteiger partial charge in [0.1, 0.15) is 0 Å². The van der Waals surface area contributed by atoms with Crippen LogP contribution < -0.4 is 0 Å². The summed E-state index contributed by atoms with van der Waals surface area (Å²) in [5, 5.41) is 35.2. The van der Waals surface area contributed by atoms with Crippen LogP contribution in [0.1, 0.15) is 51.4 Å². The summed E-state index contributed by atoms with van der Waals surface area (Å²) in [6.45, 7) is -0.325. The minimum Gasteiger partial charge on any atom is -0.478 e. The van der Waals surface area contributed by atoms with Crippen molar-refractivity contribution in [3.63, 3.8) is 0 Å². The van der Waals surface area contributed by atoms with Gasteiger partial charge in [-0.2, -0.15) is 0 Å². The van der Waals surface area contributed by atoms with Gasteiger partial charge in [-0.05, 0) is 25.7 Å². The number of carbonyl (C=O) groups is 2. The lowest BCUT2D eigenvalue weighted by Gasteiger charge is -2.02. The van der Waals surface area contributed by atoms with Crippen molar-refractivity contribution in [1.82, 2.24) is 0 Å². The molecule has 0 saturated heterocycles. The number of allylic oxidation sites excluding steroid dienone is 2. The molecule has 126 valence electrons. The average molecular weight is 314 g/mol. The molecule has 22 heavy (non-hydrogen) atoms. The molecule has 6 heteroatoms. The SMILES string of the molecule is O=C(O)/C(=C/CCCCCC/C=C(\CCO)C(=O)O)CCO. The molecule has 0 aromatic heterocycles. The van der Waals surface area contributed by atoms with Crippen molar-refractivity contribution in [2.75, 3.05) is 13.2 Å². The summed E-state index contributed by atoms with van der Waals surface area (Å²) < 4.78 is 0. The number of unbranched alkanes of at least 4 members (excludes halogenated alkanes) is 5. The molecule has 0 aromatic carbocycles. The molecule has 0 radical (unpaired) electrons. The van der Waals surface area contributed by atoms with E-state index >= 15 is 0 Å². The third-order valence-corrected chi connectivity index (χ3v) is 3.25. The zero-order valence-electron chi connectivity index (χ0n) is 12.8. The van der Waals surface area contributed by atoms with E-state index in [-0.39, 0.29) is 37.2 Å². The summed E-state index contributed by atoms with van der Waals surface area (Å²) in [6, 6.07) is 0. The summed E-state index contributed by atoms with van der Waals surface area (Å²) in [5.41, 5.74) is 0.501. The van der Waals surface area contributed by atoms with Gasteiger partial charge in [0.15, 0.2) is 0 Å². The van der Waals surface area contributed by atoms with Crippen molar-refractivity contribution in [2.45, 2.75) is 51.4 Å². The summed E-state index contributed by atoms with van der Waals surface area (Å²) in [4.78, 5) is 21.6. The zero-order chi connectivity index (χ0) is 16.8. The zero-order valence-corrected chi connectivity index (χ0v) is 12.8. The Hall–Kier alpha value is -1.66. The molecule has 0 saturated carbocycles. The highest BCUT2D eigenvalue weighted by molar-refractivity contribution is 5.86. The number of aliphatic hydroxyl groups is 2. The Morgan fingerprint density at radius 2 is 1.05 bits per heavy atom. The maximum atomic E-state index is 10.8. The van der Waals surface area contributed by atoms with Gasteiger partial charge in [0.2, 0.25) is 0 Å². The van der Waals surface area contributed by atoms with Crippen molar-refractivity contribution in [1.29, 1.82) is 0 Å². The third kappa shape index (κ3) is 10.1. The van der Waals surface area contributed by atoms with Crippen molar-refractivity contribution in [2.24, 2.45) is 0 Å². The number of hydrogen-bond acceptors (Lipinski definition) is 4. The normalized spacial score (nSPS) is 12.5. The molecule has 0 aliphatic rings. The minimum atomic E-state index is -0.982. The molecule has 0 aromatic rings. The Kier molecular flexibility index (Phi) is 12.1. The molecule has 0 rings (SSSR count). The molecule has 0 unspecified atom stereocenters. The molecular weight excluding hydrogens is 288 g/mol. The largest absolute Gasteiger partial charge is 0.478 e. The van der Waals surface area contributed by atoms with Crippen LogP contribution in [0.2, 0.25) is 0 Å². The number of hydrogen-bond donors (Lipinski definition) is 4. The van der Waals surface area contributed by atoms with Gasteiger partial charge in [-0.3, -0.25) is 0 Å². The van der Waals surface area contributed by atoms with Gasteiger partial charge in [0, 0.05) is 37.2 Å². The second-order valence-electron chi connectivity index (χ2n) is 5.01. The van der Waals surface area contributed by atoms with Gasteiger partial charge >= 0.3 is 11.9 Å². The second kappa shape index (κ2) is 13.0. The smallest absolute Gasteiger partial charge is 0.331 e. The van der Waals surface area contributed by atoms with Crippen molar-refractivity contribution in [3.05, 3.63) is 23.3 Å². The maximum absolute atomic E-state index is 10.8. The van der Waals surface area contributed by atoms with Gasteiger partial charge in [0.05, 0.1) is 0 Å².